The van der Waals surface area contributed by atoms with E-state index in [4.69, 9.17) is 4.74 Å². The molecule has 1 fully saturated rings. The number of nitrogens with one attached hydrogen (secondary N) is 1. The molecule has 9 heteroatoms. The van der Waals surface area contributed by atoms with Gasteiger partial charge in [-0.05, 0) is 25.5 Å². The molecule has 1 amide bonds. The summed E-state index contributed by atoms with van der Waals surface area (Å²) in [6.07, 6.45) is -0.929. The second kappa shape index (κ2) is 6.61. The van der Waals surface area contributed by atoms with Crippen LogP contribution >= 0.6 is 0 Å². The summed E-state index contributed by atoms with van der Waals surface area (Å²) >= 11 is 0. The average Bonchev–Trinajstić information content (AvgIpc) is 2.76. The van der Waals surface area contributed by atoms with Crippen LogP contribution in [-0.2, 0) is 19.4 Å². The number of hydrogen-bond acceptors (Lipinski definition) is 5. The zero-order chi connectivity index (χ0) is 17.2. The second-order valence-corrected chi connectivity index (χ2v) is 7.54. The maximum atomic E-state index is 13.0. The van der Waals surface area contributed by atoms with Crippen LogP contribution in [0.15, 0.2) is 18.2 Å². The zero-order valence-electron chi connectivity index (χ0n) is 12.2. The van der Waals surface area contributed by atoms with Gasteiger partial charge in [-0.3, -0.25) is 4.79 Å². The third-order valence-electron chi connectivity index (χ3n) is 3.33. The maximum Gasteiger partial charge on any atom is 0.339 e. The van der Waals surface area contributed by atoms with Crippen molar-refractivity contribution in [2.45, 2.75) is 25.5 Å². The van der Waals surface area contributed by atoms with E-state index in [1.807, 2.05) is 0 Å². The van der Waals surface area contributed by atoms with Crippen LogP contribution in [0.2, 0.25) is 0 Å². The second-order valence-electron chi connectivity index (χ2n) is 5.31. The predicted molar refractivity (Wildman–Crippen MR) is 76.4 cm³/mol. The fourth-order valence-corrected chi connectivity index (χ4v) is 3.85. The number of halogens is 2. The molecule has 1 aromatic carbocycles. The number of carbonyl (C=O) groups excluding carboxylic acids is 2. The first-order valence-corrected chi connectivity index (χ1v) is 8.66. The van der Waals surface area contributed by atoms with Gasteiger partial charge in [-0.15, -0.1) is 0 Å². The van der Waals surface area contributed by atoms with Crippen LogP contribution in [0.25, 0.3) is 0 Å². The average molecular weight is 347 g/mol. The van der Waals surface area contributed by atoms with Gasteiger partial charge < -0.3 is 10.1 Å². The molecule has 0 aliphatic carbocycles. The van der Waals surface area contributed by atoms with Crippen molar-refractivity contribution in [1.29, 1.82) is 0 Å². The third-order valence-corrected chi connectivity index (χ3v) is 5.10. The molecular weight excluding hydrogens is 332 g/mol. The minimum Gasteiger partial charge on any atom is -0.449 e. The van der Waals surface area contributed by atoms with E-state index in [-0.39, 0.29) is 17.1 Å². The van der Waals surface area contributed by atoms with Crippen molar-refractivity contribution in [3.63, 3.8) is 0 Å². The van der Waals surface area contributed by atoms with E-state index in [1.54, 1.807) is 0 Å². The largest absolute Gasteiger partial charge is 0.449 e. The van der Waals surface area contributed by atoms with E-state index in [1.165, 1.54) is 6.92 Å². The Morgan fingerprint density at radius 2 is 1.87 bits per heavy atom. The van der Waals surface area contributed by atoms with Crippen molar-refractivity contribution in [2.24, 2.45) is 0 Å². The molecule has 0 spiro atoms. The Balaban J connectivity index is 1.94. The van der Waals surface area contributed by atoms with Crippen LogP contribution < -0.4 is 5.32 Å². The lowest BCUT2D eigenvalue weighted by Crippen LogP contribution is -2.42. The number of amides is 1. The molecule has 0 radical (unpaired) electrons. The van der Waals surface area contributed by atoms with E-state index >= 15 is 0 Å². The standard InChI is InChI=1S/C14H15F2NO5S/c1-8(13(18)17-12-2-3-23(20,21)7-12)22-14(19)9-4-10(15)6-11(16)5-9/h4-6,8,12H,2-3,7H2,1H3,(H,17,18)/t8-,12-/m0/s1. The van der Waals surface area contributed by atoms with Crippen LogP contribution in [0.1, 0.15) is 23.7 Å². The summed E-state index contributed by atoms with van der Waals surface area (Å²) in [5.41, 5.74) is -0.356. The summed E-state index contributed by atoms with van der Waals surface area (Å²) in [5, 5.41) is 2.47. The third kappa shape index (κ3) is 4.72. The molecule has 23 heavy (non-hydrogen) atoms. The molecule has 0 bridgehead atoms. The fourth-order valence-electron chi connectivity index (χ4n) is 2.18. The van der Waals surface area contributed by atoms with E-state index in [9.17, 15) is 26.8 Å². The molecular formula is C14H15F2NO5S. The Bertz CT molecular complexity index is 714. The lowest BCUT2D eigenvalue weighted by Gasteiger charge is -2.16. The van der Waals surface area contributed by atoms with Crippen LogP contribution in [0.4, 0.5) is 8.78 Å². The molecule has 126 valence electrons. The van der Waals surface area contributed by atoms with E-state index in [2.05, 4.69) is 5.32 Å². The Morgan fingerprint density at radius 3 is 2.39 bits per heavy atom. The fraction of sp³-hybridized carbons (Fsp3) is 0.429. The van der Waals surface area contributed by atoms with Gasteiger partial charge in [0.2, 0.25) is 0 Å². The van der Waals surface area contributed by atoms with Gasteiger partial charge in [0.25, 0.3) is 5.91 Å². The Morgan fingerprint density at radius 1 is 1.26 bits per heavy atom. The molecule has 0 unspecified atom stereocenters. The number of ether oxygens (including phenoxy) is 1. The summed E-state index contributed by atoms with van der Waals surface area (Å²) in [5.74, 6) is -3.76. The van der Waals surface area contributed by atoms with Gasteiger partial charge in [-0.2, -0.15) is 0 Å². The number of sulfone groups is 1. The molecule has 1 N–H and O–H groups in total. The highest BCUT2D eigenvalue weighted by Gasteiger charge is 2.30. The summed E-state index contributed by atoms with van der Waals surface area (Å²) < 4.78 is 53.5. The highest BCUT2D eigenvalue weighted by atomic mass is 32.2. The lowest BCUT2D eigenvalue weighted by molar-refractivity contribution is -0.129. The van der Waals surface area contributed by atoms with Crippen LogP contribution in [-0.4, -0.2) is 43.9 Å². The van der Waals surface area contributed by atoms with Crippen molar-refractivity contribution in [3.05, 3.63) is 35.4 Å². The van der Waals surface area contributed by atoms with Gasteiger partial charge >= 0.3 is 5.97 Å². The van der Waals surface area contributed by atoms with Crippen molar-refractivity contribution in [1.82, 2.24) is 5.32 Å². The molecule has 1 aliphatic heterocycles. The Hall–Kier alpha value is -2.03. The smallest absolute Gasteiger partial charge is 0.339 e. The number of hydrogen-bond donors (Lipinski definition) is 1. The topological polar surface area (TPSA) is 89.5 Å². The lowest BCUT2D eigenvalue weighted by atomic mass is 10.2. The highest BCUT2D eigenvalue weighted by molar-refractivity contribution is 7.91. The predicted octanol–water partition coefficient (Wildman–Crippen LogP) is 0.813. The zero-order valence-corrected chi connectivity index (χ0v) is 13.0. The number of rotatable bonds is 4. The minimum atomic E-state index is -3.15. The highest BCUT2D eigenvalue weighted by Crippen LogP contribution is 2.13. The van der Waals surface area contributed by atoms with Crippen molar-refractivity contribution < 1.29 is 31.5 Å². The van der Waals surface area contributed by atoms with Gasteiger partial charge in [0.05, 0.1) is 17.1 Å². The number of esters is 1. The monoisotopic (exact) mass is 347 g/mol. The Labute approximate surface area is 131 Å². The van der Waals surface area contributed by atoms with E-state index in [0.717, 1.165) is 12.1 Å². The molecule has 1 aromatic rings. The minimum absolute atomic E-state index is 0.00527. The summed E-state index contributed by atoms with van der Waals surface area (Å²) in [4.78, 5) is 23.7. The van der Waals surface area contributed by atoms with Gasteiger partial charge in [0.1, 0.15) is 11.6 Å². The number of benzene rings is 1. The molecule has 0 aromatic heterocycles. The summed E-state index contributed by atoms with van der Waals surface area (Å²) in [6, 6.07) is 1.66. The quantitative estimate of drug-likeness (QED) is 0.815. The molecule has 1 aliphatic rings. The van der Waals surface area contributed by atoms with Gasteiger partial charge in [-0.25, -0.2) is 22.0 Å². The molecule has 6 nitrogen and oxygen atoms in total. The van der Waals surface area contributed by atoms with Crippen molar-refractivity contribution in [2.75, 3.05) is 11.5 Å². The molecule has 1 saturated heterocycles. The van der Waals surface area contributed by atoms with E-state index in [0.29, 0.717) is 12.5 Å². The Kier molecular flexibility index (Phi) is 4.98. The van der Waals surface area contributed by atoms with Gasteiger partial charge in [-0.1, -0.05) is 0 Å². The van der Waals surface area contributed by atoms with Gasteiger partial charge in [0.15, 0.2) is 15.9 Å². The van der Waals surface area contributed by atoms with Crippen LogP contribution in [0.5, 0.6) is 0 Å². The van der Waals surface area contributed by atoms with Crippen molar-refractivity contribution >= 4 is 21.7 Å². The summed E-state index contributed by atoms with van der Waals surface area (Å²) in [6.45, 7) is 1.28. The molecule has 0 saturated carbocycles. The van der Waals surface area contributed by atoms with Crippen LogP contribution in [0.3, 0.4) is 0 Å². The van der Waals surface area contributed by atoms with E-state index < -0.39 is 45.5 Å². The SMILES string of the molecule is C[C@H](OC(=O)c1cc(F)cc(F)c1)C(=O)N[C@H]1CCS(=O)(=O)C1. The van der Waals surface area contributed by atoms with Gasteiger partial charge in [0, 0.05) is 12.1 Å². The van der Waals surface area contributed by atoms with Crippen molar-refractivity contribution in [3.8, 4) is 0 Å². The molecule has 1 heterocycles. The first-order chi connectivity index (χ1) is 10.7. The molecule has 2 rings (SSSR count). The maximum absolute atomic E-state index is 13.0. The first kappa shape index (κ1) is 17.3. The normalized spacial score (nSPS) is 20.7. The molecule has 2 atom stereocenters. The van der Waals surface area contributed by atoms with Crippen LogP contribution in [0, 0.1) is 11.6 Å². The summed E-state index contributed by atoms with van der Waals surface area (Å²) in [7, 11) is -3.15. The number of carbonyl (C=O) groups is 2. The first-order valence-electron chi connectivity index (χ1n) is 6.84.